The first-order chi connectivity index (χ1) is 11.3. The van der Waals surface area contributed by atoms with Gasteiger partial charge in [0.1, 0.15) is 0 Å². The van der Waals surface area contributed by atoms with Crippen LogP contribution in [0, 0.1) is 0 Å². The van der Waals surface area contributed by atoms with Gasteiger partial charge in [-0.1, -0.05) is 44.6 Å². The van der Waals surface area contributed by atoms with Crippen molar-refractivity contribution in [3.8, 4) is 0 Å². The zero-order chi connectivity index (χ0) is 19.8. The Morgan fingerprint density at radius 1 is 0.560 bits per heavy atom. The van der Waals surface area contributed by atoms with Crippen molar-refractivity contribution in [3.63, 3.8) is 0 Å². The van der Waals surface area contributed by atoms with Crippen LogP contribution >= 0.6 is 0 Å². The Balaban J connectivity index is 4.22. The minimum Gasteiger partial charge on any atom is -0.200 e. The second-order valence-corrected chi connectivity index (χ2v) is 6.01. The zero-order valence-electron chi connectivity index (χ0n) is 13.8. The maximum atomic E-state index is 13.2. The van der Waals surface area contributed by atoms with Crippen molar-refractivity contribution in [2.24, 2.45) is 0 Å². The number of hydrogen-bond donors (Lipinski definition) is 0. The first-order valence-electron chi connectivity index (χ1n) is 8.12. The van der Waals surface area contributed by atoms with Crippen LogP contribution in [0.15, 0.2) is 12.7 Å². The molecular weight excluding hydrogens is 363 g/mol. The molecule has 0 nitrogen and oxygen atoms in total. The van der Waals surface area contributed by atoms with Crippen LogP contribution in [0.25, 0.3) is 0 Å². The molecule has 25 heavy (non-hydrogen) atoms. The number of rotatable bonds is 13. The highest BCUT2D eigenvalue weighted by Gasteiger charge is 2.81. The first-order valence-corrected chi connectivity index (χ1v) is 8.12. The van der Waals surface area contributed by atoms with Gasteiger partial charge in [0, 0.05) is 6.42 Å². The maximum Gasteiger partial charge on any atom is 0.460 e. The summed E-state index contributed by atoms with van der Waals surface area (Å²) in [5.74, 6) is -18.7. The highest BCUT2D eigenvalue weighted by Crippen LogP contribution is 2.54. The van der Waals surface area contributed by atoms with E-state index in [0.29, 0.717) is 12.8 Å². The molecule has 150 valence electrons. The fraction of sp³-hybridized carbons (Fsp3) is 0.875. The van der Waals surface area contributed by atoms with E-state index in [2.05, 4.69) is 6.58 Å². The Morgan fingerprint density at radius 3 is 1.36 bits per heavy atom. The third-order valence-corrected chi connectivity index (χ3v) is 3.86. The summed E-state index contributed by atoms with van der Waals surface area (Å²) in [7, 11) is 0. The van der Waals surface area contributed by atoms with Crippen LogP contribution in [0.2, 0.25) is 0 Å². The van der Waals surface area contributed by atoms with Crippen LogP contribution in [0.5, 0.6) is 0 Å². The van der Waals surface area contributed by atoms with E-state index in [0.717, 1.165) is 32.1 Å². The van der Waals surface area contributed by atoms with E-state index in [1.165, 1.54) is 0 Å². The molecule has 0 saturated carbocycles. The number of halogens is 9. The number of hydrogen-bond acceptors (Lipinski definition) is 0. The van der Waals surface area contributed by atoms with E-state index in [9.17, 15) is 39.5 Å². The van der Waals surface area contributed by atoms with Crippen LogP contribution in [0.3, 0.4) is 0 Å². The predicted molar refractivity (Wildman–Crippen MR) is 77.3 cm³/mol. The molecule has 0 atom stereocenters. The van der Waals surface area contributed by atoms with Crippen molar-refractivity contribution in [1.82, 2.24) is 0 Å². The molecule has 0 aliphatic heterocycles. The number of allylic oxidation sites excluding steroid dienone is 1. The van der Waals surface area contributed by atoms with Crippen molar-refractivity contribution in [2.45, 2.75) is 88.2 Å². The zero-order valence-corrected chi connectivity index (χ0v) is 13.8. The van der Waals surface area contributed by atoms with Crippen LogP contribution in [0.1, 0.15) is 64.2 Å². The summed E-state index contributed by atoms with van der Waals surface area (Å²) >= 11 is 0. The normalized spacial score (nSPS) is 14.0. The molecule has 0 fully saturated rings. The van der Waals surface area contributed by atoms with Gasteiger partial charge >= 0.3 is 23.9 Å². The third kappa shape index (κ3) is 6.73. The van der Waals surface area contributed by atoms with Gasteiger partial charge in [-0.15, -0.1) is 6.58 Å². The third-order valence-electron chi connectivity index (χ3n) is 3.86. The monoisotopic (exact) mass is 386 g/mol. The van der Waals surface area contributed by atoms with Gasteiger partial charge in [0.25, 0.3) is 0 Å². The molecule has 0 bridgehead atoms. The minimum atomic E-state index is -6.78. The lowest BCUT2D eigenvalue weighted by Gasteiger charge is -2.33. The summed E-state index contributed by atoms with van der Waals surface area (Å²) in [6.45, 7) is 3.57. The minimum absolute atomic E-state index is 0.0654. The van der Waals surface area contributed by atoms with Gasteiger partial charge in [-0.3, -0.25) is 0 Å². The van der Waals surface area contributed by atoms with Gasteiger partial charge in [0.2, 0.25) is 0 Å². The Morgan fingerprint density at radius 2 is 0.960 bits per heavy atom. The van der Waals surface area contributed by atoms with Crippen molar-refractivity contribution in [2.75, 3.05) is 0 Å². The van der Waals surface area contributed by atoms with Gasteiger partial charge < -0.3 is 0 Å². The van der Waals surface area contributed by atoms with E-state index in [-0.39, 0.29) is 6.42 Å². The molecule has 0 N–H and O–H groups in total. The van der Waals surface area contributed by atoms with Gasteiger partial charge in [-0.05, 0) is 19.3 Å². The molecule has 0 rings (SSSR count). The topological polar surface area (TPSA) is 0 Å². The van der Waals surface area contributed by atoms with Crippen LogP contribution < -0.4 is 0 Å². The molecule has 0 saturated heterocycles. The second kappa shape index (κ2) is 9.71. The molecule has 0 spiro atoms. The fourth-order valence-electron chi connectivity index (χ4n) is 2.26. The van der Waals surface area contributed by atoms with E-state index in [1.54, 1.807) is 6.08 Å². The van der Waals surface area contributed by atoms with Gasteiger partial charge in [0.05, 0.1) is 0 Å². The molecule has 9 heteroatoms. The van der Waals surface area contributed by atoms with Crippen LogP contribution in [0.4, 0.5) is 39.5 Å². The highest BCUT2D eigenvalue weighted by atomic mass is 19.4. The smallest absolute Gasteiger partial charge is 0.200 e. The van der Waals surface area contributed by atoms with E-state index < -0.39 is 36.8 Å². The standard InChI is InChI=1S/C16H23F9/c1-2-3-4-5-6-7-8-9-10-11-12-13(17,18)14(19,20)15(21,22)16(23,24)25/h2H,1,3-12H2. The van der Waals surface area contributed by atoms with Gasteiger partial charge in [0.15, 0.2) is 0 Å². The molecule has 0 aromatic heterocycles. The van der Waals surface area contributed by atoms with Gasteiger partial charge in [-0.2, -0.15) is 39.5 Å². The summed E-state index contributed by atoms with van der Waals surface area (Å²) in [6.07, 6.45) is -1.48. The van der Waals surface area contributed by atoms with E-state index in [1.807, 2.05) is 0 Å². The summed E-state index contributed by atoms with van der Waals surface area (Å²) in [5.41, 5.74) is 0. The number of alkyl halides is 9. The van der Waals surface area contributed by atoms with Crippen molar-refractivity contribution < 1.29 is 39.5 Å². The molecule has 0 radical (unpaired) electrons. The van der Waals surface area contributed by atoms with Crippen molar-refractivity contribution in [3.05, 3.63) is 12.7 Å². The predicted octanol–water partition coefficient (Wildman–Crippen LogP) is 7.54. The van der Waals surface area contributed by atoms with Crippen molar-refractivity contribution >= 4 is 0 Å². The molecule has 0 aliphatic carbocycles. The quantitative estimate of drug-likeness (QED) is 0.174. The summed E-state index contributed by atoms with van der Waals surface area (Å²) in [4.78, 5) is 0. The van der Waals surface area contributed by atoms with Crippen molar-refractivity contribution in [1.29, 1.82) is 0 Å². The summed E-state index contributed by atoms with van der Waals surface area (Å²) in [5, 5.41) is 0. The lowest BCUT2D eigenvalue weighted by molar-refractivity contribution is -0.396. The Labute approximate surface area is 141 Å². The second-order valence-electron chi connectivity index (χ2n) is 6.01. The lowest BCUT2D eigenvalue weighted by atomic mass is 9.97. The molecule has 0 aromatic carbocycles. The summed E-state index contributed by atoms with van der Waals surface area (Å²) < 4.78 is 114. The Kier molecular flexibility index (Phi) is 9.36. The van der Waals surface area contributed by atoms with Crippen LogP contribution in [-0.4, -0.2) is 23.9 Å². The SMILES string of the molecule is C=CCCCCCCCCCCC(F)(F)C(F)(F)C(F)(F)C(F)(F)F. The fourth-order valence-corrected chi connectivity index (χ4v) is 2.26. The largest absolute Gasteiger partial charge is 0.460 e. The Bertz CT molecular complexity index is 386. The van der Waals surface area contributed by atoms with Gasteiger partial charge in [-0.25, -0.2) is 0 Å². The molecule has 0 heterocycles. The highest BCUT2D eigenvalue weighted by molar-refractivity contribution is 5.00. The average molecular weight is 386 g/mol. The van der Waals surface area contributed by atoms with E-state index >= 15 is 0 Å². The molecule has 0 aromatic rings. The molecule has 0 amide bonds. The van der Waals surface area contributed by atoms with Crippen LogP contribution in [-0.2, 0) is 0 Å². The molecular formula is C16H23F9. The first kappa shape index (κ1) is 24.1. The molecule has 0 aliphatic rings. The molecule has 0 unspecified atom stereocenters. The maximum absolute atomic E-state index is 13.2. The number of unbranched alkanes of at least 4 members (excludes halogenated alkanes) is 8. The average Bonchev–Trinajstić information content (AvgIpc) is 2.47. The lowest BCUT2D eigenvalue weighted by Crippen LogP contribution is -2.60. The summed E-state index contributed by atoms with van der Waals surface area (Å²) in [6, 6.07) is 0. The van der Waals surface area contributed by atoms with E-state index in [4.69, 9.17) is 0 Å². The Hall–Kier alpha value is -0.890.